The number of carbonyl (C=O) groups excluding carboxylic acids is 4. The van der Waals surface area contributed by atoms with Crippen molar-refractivity contribution in [2.75, 3.05) is 10.2 Å². The monoisotopic (exact) mass is 474 g/mol. The molecule has 34 heavy (non-hydrogen) atoms. The normalized spacial score (nSPS) is 23.7. The van der Waals surface area contributed by atoms with Gasteiger partial charge in [0.05, 0.1) is 23.1 Å². The topological polar surface area (TPSA) is 99.2 Å². The molecule has 9 heteroatoms. The van der Waals surface area contributed by atoms with Crippen LogP contribution in [0, 0.1) is 5.92 Å². The molecule has 5 rings (SSSR count). The summed E-state index contributed by atoms with van der Waals surface area (Å²) in [5, 5.41) is 3.07. The molecular weight excluding hydrogens is 456 g/mol. The Morgan fingerprint density at radius 2 is 1.71 bits per heavy atom. The first-order valence-electron chi connectivity index (χ1n) is 10.6. The highest BCUT2D eigenvalue weighted by molar-refractivity contribution is 6.32. The molecule has 0 spiro atoms. The zero-order valence-electron chi connectivity index (χ0n) is 17.8. The van der Waals surface area contributed by atoms with E-state index < -0.39 is 41.5 Å². The van der Waals surface area contributed by atoms with E-state index in [4.69, 9.17) is 11.6 Å². The van der Waals surface area contributed by atoms with E-state index in [0.717, 1.165) is 4.90 Å². The number of rotatable bonds is 5. The summed E-state index contributed by atoms with van der Waals surface area (Å²) in [6.07, 6.45) is 3.96. The van der Waals surface area contributed by atoms with Gasteiger partial charge < -0.3 is 10.2 Å². The number of hydrogen-bond donors (Lipinski definition) is 1. The number of imide groups is 1. The Morgan fingerprint density at radius 1 is 1.03 bits per heavy atom. The highest BCUT2D eigenvalue weighted by Gasteiger charge is 2.62. The lowest BCUT2D eigenvalue weighted by molar-refractivity contribution is -0.137. The van der Waals surface area contributed by atoms with E-state index in [2.05, 4.69) is 10.3 Å². The minimum atomic E-state index is -1.73. The van der Waals surface area contributed by atoms with Crippen molar-refractivity contribution in [1.29, 1.82) is 0 Å². The van der Waals surface area contributed by atoms with E-state index in [1.54, 1.807) is 66.7 Å². The first-order chi connectivity index (χ1) is 16.4. The standard InChI is InChI=1S/C25H19ClN4O4/c26-16-11-12-20-28-24(34)25(29(20)15-16,14-21(31)27-17-7-3-1-4-8-17)19-13-22(32)30(23(19)33)18-9-5-2-6-10-18/h1-12,15,19H,13-14H2,(H,27,31). The molecular formula is C25H19ClN4O4. The van der Waals surface area contributed by atoms with Gasteiger partial charge >= 0.3 is 0 Å². The largest absolute Gasteiger partial charge is 0.326 e. The third-order valence-corrected chi connectivity index (χ3v) is 6.36. The molecule has 0 saturated carbocycles. The van der Waals surface area contributed by atoms with E-state index in [9.17, 15) is 19.2 Å². The van der Waals surface area contributed by atoms with Crippen molar-refractivity contribution in [2.24, 2.45) is 10.9 Å². The zero-order valence-corrected chi connectivity index (χ0v) is 18.6. The van der Waals surface area contributed by atoms with Crippen molar-refractivity contribution in [3.8, 4) is 0 Å². The predicted molar refractivity (Wildman–Crippen MR) is 127 cm³/mol. The van der Waals surface area contributed by atoms with E-state index in [-0.39, 0.29) is 12.3 Å². The second-order valence-corrected chi connectivity index (χ2v) is 8.60. The third kappa shape index (κ3) is 3.52. The van der Waals surface area contributed by atoms with Gasteiger partial charge in [0.2, 0.25) is 17.7 Å². The van der Waals surface area contributed by atoms with Gasteiger partial charge in [0.1, 0.15) is 11.4 Å². The third-order valence-electron chi connectivity index (χ3n) is 6.13. The van der Waals surface area contributed by atoms with E-state index in [1.165, 1.54) is 11.1 Å². The molecule has 1 fully saturated rings. The Balaban J connectivity index is 1.55. The molecule has 2 atom stereocenters. The molecule has 8 nitrogen and oxygen atoms in total. The van der Waals surface area contributed by atoms with Gasteiger partial charge in [-0.1, -0.05) is 48.0 Å². The van der Waals surface area contributed by atoms with Crippen LogP contribution in [0.2, 0.25) is 0 Å². The zero-order chi connectivity index (χ0) is 23.9. The molecule has 170 valence electrons. The van der Waals surface area contributed by atoms with Crippen LogP contribution >= 0.6 is 11.6 Å². The Morgan fingerprint density at radius 3 is 2.41 bits per heavy atom. The van der Waals surface area contributed by atoms with E-state index in [0.29, 0.717) is 16.4 Å². The van der Waals surface area contributed by atoms with Crippen LogP contribution in [0.3, 0.4) is 0 Å². The fourth-order valence-electron chi connectivity index (χ4n) is 4.61. The van der Waals surface area contributed by atoms with Crippen LogP contribution in [0.15, 0.2) is 89.0 Å². The van der Waals surface area contributed by atoms with Gasteiger partial charge in [-0.3, -0.25) is 24.1 Å². The van der Waals surface area contributed by atoms with Gasteiger partial charge in [-0.05, 0) is 36.4 Å². The molecule has 0 aliphatic carbocycles. The highest BCUT2D eigenvalue weighted by Crippen LogP contribution is 2.44. The number of amides is 4. The molecule has 4 amide bonds. The van der Waals surface area contributed by atoms with Gasteiger partial charge in [-0.2, -0.15) is 4.99 Å². The average molecular weight is 475 g/mol. The lowest BCUT2D eigenvalue weighted by Gasteiger charge is -2.39. The molecule has 0 radical (unpaired) electrons. The van der Waals surface area contributed by atoms with Gasteiger partial charge in [-0.15, -0.1) is 0 Å². The fraction of sp³-hybridized carbons (Fsp3) is 0.160. The van der Waals surface area contributed by atoms with Crippen LogP contribution in [-0.4, -0.2) is 39.9 Å². The van der Waals surface area contributed by atoms with Crippen LogP contribution in [-0.2, 0) is 19.2 Å². The first kappa shape index (κ1) is 21.8. The summed E-state index contributed by atoms with van der Waals surface area (Å²) in [6, 6.07) is 17.3. The summed E-state index contributed by atoms with van der Waals surface area (Å²) < 4.78 is 0. The van der Waals surface area contributed by atoms with Crippen molar-refractivity contribution >= 4 is 52.4 Å². The Kier molecular flexibility index (Phi) is 5.37. The predicted octanol–water partition coefficient (Wildman–Crippen LogP) is 3.22. The molecule has 3 heterocycles. The number of anilines is 2. The summed E-state index contributed by atoms with van der Waals surface area (Å²) in [5.41, 5.74) is -0.779. The number of benzene rings is 2. The Hall–Kier alpha value is -4.04. The number of halogens is 1. The molecule has 3 aliphatic heterocycles. The number of carbonyl (C=O) groups is 4. The van der Waals surface area contributed by atoms with Crippen LogP contribution in [0.4, 0.5) is 11.4 Å². The van der Waals surface area contributed by atoms with Crippen molar-refractivity contribution in [1.82, 2.24) is 4.90 Å². The summed E-state index contributed by atoms with van der Waals surface area (Å²) in [4.78, 5) is 59.8. The number of allylic oxidation sites excluding steroid dienone is 2. The number of nitrogens with one attached hydrogen (secondary N) is 1. The highest BCUT2D eigenvalue weighted by atomic mass is 35.5. The second kappa shape index (κ2) is 8.39. The molecule has 0 aromatic heterocycles. The van der Waals surface area contributed by atoms with E-state index in [1.807, 2.05) is 6.07 Å². The SMILES string of the molecule is O=C(CC1(C2CC(=O)N(c3ccccc3)C2=O)C(=O)N=C2C=CC(Cl)=CN21)Nc1ccccc1. The van der Waals surface area contributed by atoms with Crippen molar-refractivity contribution in [3.63, 3.8) is 0 Å². The number of nitrogens with zero attached hydrogens (tertiary/aromatic N) is 3. The lowest BCUT2D eigenvalue weighted by atomic mass is 9.77. The number of amidine groups is 1. The number of hydrogen-bond acceptors (Lipinski definition) is 5. The van der Waals surface area contributed by atoms with Crippen LogP contribution in [0.1, 0.15) is 12.8 Å². The minimum absolute atomic E-state index is 0.243. The van der Waals surface area contributed by atoms with E-state index >= 15 is 0 Å². The summed E-state index contributed by atoms with van der Waals surface area (Å²) in [7, 11) is 0. The Bertz CT molecular complexity index is 1290. The maximum absolute atomic E-state index is 13.6. The summed E-state index contributed by atoms with van der Waals surface area (Å²) in [5.74, 6) is -3.05. The smallest absolute Gasteiger partial charge is 0.275 e. The Labute approximate surface area is 200 Å². The van der Waals surface area contributed by atoms with Crippen LogP contribution < -0.4 is 10.2 Å². The van der Waals surface area contributed by atoms with Gasteiger partial charge in [0.15, 0.2) is 0 Å². The lowest BCUT2D eigenvalue weighted by Crippen LogP contribution is -2.58. The van der Waals surface area contributed by atoms with Gasteiger partial charge in [-0.25, -0.2) is 0 Å². The molecule has 2 unspecified atom stereocenters. The van der Waals surface area contributed by atoms with Gasteiger partial charge in [0.25, 0.3) is 5.91 Å². The van der Waals surface area contributed by atoms with Crippen LogP contribution in [0.5, 0.6) is 0 Å². The number of aliphatic imine (C=N–C) groups is 1. The maximum Gasteiger partial charge on any atom is 0.275 e. The fourth-order valence-corrected chi connectivity index (χ4v) is 4.77. The number of fused-ring (bicyclic) bond motifs is 1. The first-order valence-corrected chi connectivity index (χ1v) is 11.0. The molecule has 0 bridgehead atoms. The molecule has 1 N–H and O–H groups in total. The van der Waals surface area contributed by atoms with Crippen molar-refractivity contribution in [2.45, 2.75) is 18.4 Å². The summed E-state index contributed by atoms with van der Waals surface area (Å²) in [6.45, 7) is 0. The quantitative estimate of drug-likeness (QED) is 0.671. The molecule has 2 aromatic carbocycles. The van der Waals surface area contributed by atoms with Crippen molar-refractivity contribution in [3.05, 3.63) is 84.0 Å². The van der Waals surface area contributed by atoms with Crippen LogP contribution in [0.25, 0.3) is 0 Å². The molecule has 2 aromatic rings. The molecule has 1 saturated heterocycles. The maximum atomic E-state index is 13.6. The van der Waals surface area contributed by atoms with Gasteiger partial charge in [0, 0.05) is 18.3 Å². The minimum Gasteiger partial charge on any atom is -0.326 e. The van der Waals surface area contributed by atoms with Crippen molar-refractivity contribution < 1.29 is 19.2 Å². The molecule has 3 aliphatic rings. The summed E-state index contributed by atoms with van der Waals surface area (Å²) >= 11 is 6.22. The average Bonchev–Trinajstić information content (AvgIpc) is 3.27. The number of para-hydroxylation sites is 2. The second-order valence-electron chi connectivity index (χ2n) is 8.17.